The van der Waals surface area contributed by atoms with Crippen molar-refractivity contribution in [3.63, 3.8) is 0 Å². The minimum atomic E-state index is 0. The maximum absolute atomic E-state index is 4.69. The van der Waals surface area contributed by atoms with Gasteiger partial charge in [0.2, 0.25) is 0 Å². The van der Waals surface area contributed by atoms with Crippen LogP contribution in [-0.2, 0) is 6.54 Å². The van der Waals surface area contributed by atoms with Gasteiger partial charge in [0.05, 0.1) is 10.7 Å². The molecule has 1 fully saturated rings. The van der Waals surface area contributed by atoms with E-state index < -0.39 is 0 Å². The molecule has 1 N–H and O–H groups in total. The summed E-state index contributed by atoms with van der Waals surface area (Å²) >= 11 is 1.79. The van der Waals surface area contributed by atoms with E-state index in [0.717, 1.165) is 26.2 Å². The summed E-state index contributed by atoms with van der Waals surface area (Å²) in [6.07, 6.45) is 0. The van der Waals surface area contributed by atoms with Gasteiger partial charge in [0.1, 0.15) is 0 Å². The summed E-state index contributed by atoms with van der Waals surface area (Å²) in [6.45, 7) is 11.0. The molecule has 1 saturated heterocycles. The molecule has 1 aliphatic heterocycles. The fourth-order valence-electron chi connectivity index (χ4n) is 2.05. The Bertz CT molecular complexity index is 340. The quantitative estimate of drug-likeness (QED) is 0.919. The van der Waals surface area contributed by atoms with E-state index in [-0.39, 0.29) is 12.4 Å². The predicted molar refractivity (Wildman–Crippen MR) is 76.2 cm³/mol. The zero-order chi connectivity index (χ0) is 11.5. The van der Waals surface area contributed by atoms with Gasteiger partial charge >= 0.3 is 0 Å². The average Bonchev–Trinajstić information content (AvgIpc) is 2.66. The maximum Gasteiger partial charge on any atom is 0.0954 e. The molecule has 0 aliphatic carbocycles. The van der Waals surface area contributed by atoms with Crippen molar-refractivity contribution in [3.05, 3.63) is 16.1 Å². The Hall–Kier alpha value is -0.160. The smallest absolute Gasteiger partial charge is 0.0954 e. The lowest BCUT2D eigenvalue weighted by Crippen LogP contribution is -2.48. The van der Waals surface area contributed by atoms with E-state index in [1.165, 1.54) is 10.7 Å². The van der Waals surface area contributed by atoms with Gasteiger partial charge < -0.3 is 5.32 Å². The lowest BCUT2D eigenvalue weighted by molar-refractivity contribution is 0.198. The van der Waals surface area contributed by atoms with E-state index in [1.54, 1.807) is 11.3 Å². The molecular formula is C12H22ClN3S. The van der Waals surface area contributed by atoms with Gasteiger partial charge in [-0.1, -0.05) is 13.8 Å². The van der Waals surface area contributed by atoms with E-state index in [4.69, 9.17) is 0 Å². The molecule has 0 spiro atoms. The number of aromatic nitrogens is 1. The minimum Gasteiger partial charge on any atom is -0.312 e. The largest absolute Gasteiger partial charge is 0.312 e. The molecule has 2 heterocycles. The molecule has 2 rings (SSSR count). The second-order valence-electron chi connectivity index (χ2n) is 4.92. The van der Waals surface area contributed by atoms with Crippen LogP contribution in [0.3, 0.4) is 0 Å². The SMILES string of the molecule is CC(C)c1nc(CN2CCN[C@@H](C)C2)cs1.Cl. The highest BCUT2D eigenvalue weighted by Crippen LogP contribution is 2.20. The molecule has 0 saturated carbocycles. The fourth-order valence-corrected chi connectivity index (χ4v) is 2.87. The third-order valence-electron chi connectivity index (χ3n) is 2.90. The topological polar surface area (TPSA) is 28.2 Å². The zero-order valence-electron chi connectivity index (χ0n) is 10.8. The van der Waals surface area contributed by atoms with Crippen LogP contribution in [0.1, 0.15) is 37.4 Å². The van der Waals surface area contributed by atoms with Crippen LogP contribution in [0, 0.1) is 0 Å². The molecule has 0 unspecified atom stereocenters. The lowest BCUT2D eigenvalue weighted by atomic mass is 10.2. The first-order valence-corrected chi connectivity index (χ1v) is 6.93. The minimum absolute atomic E-state index is 0. The van der Waals surface area contributed by atoms with Gasteiger partial charge in [-0.3, -0.25) is 4.90 Å². The highest BCUT2D eigenvalue weighted by molar-refractivity contribution is 7.09. The molecule has 0 amide bonds. The normalized spacial score (nSPS) is 21.5. The molecule has 5 heteroatoms. The Morgan fingerprint density at radius 1 is 1.59 bits per heavy atom. The first-order valence-electron chi connectivity index (χ1n) is 6.05. The van der Waals surface area contributed by atoms with Crippen molar-refractivity contribution in [3.8, 4) is 0 Å². The van der Waals surface area contributed by atoms with Crippen molar-refractivity contribution in [2.75, 3.05) is 19.6 Å². The number of hydrogen-bond acceptors (Lipinski definition) is 4. The number of hydrogen-bond donors (Lipinski definition) is 1. The molecule has 0 bridgehead atoms. The summed E-state index contributed by atoms with van der Waals surface area (Å²) in [5.74, 6) is 0.556. The van der Waals surface area contributed by atoms with Crippen molar-refractivity contribution in [1.29, 1.82) is 0 Å². The van der Waals surface area contributed by atoms with E-state index >= 15 is 0 Å². The highest BCUT2D eigenvalue weighted by atomic mass is 35.5. The van der Waals surface area contributed by atoms with Crippen LogP contribution < -0.4 is 5.32 Å². The molecular weight excluding hydrogens is 254 g/mol. The van der Waals surface area contributed by atoms with Crippen LogP contribution in [0.25, 0.3) is 0 Å². The van der Waals surface area contributed by atoms with Crippen LogP contribution in [0.4, 0.5) is 0 Å². The first-order chi connectivity index (χ1) is 7.65. The van der Waals surface area contributed by atoms with Crippen LogP contribution in [-0.4, -0.2) is 35.6 Å². The van der Waals surface area contributed by atoms with Gasteiger partial charge in [-0.05, 0) is 6.92 Å². The summed E-state index contributed by atoms with van der Waals surface area (Å²) in [5.41, 5.74) is 1.24. The summed E-state index contributed by atoms with van der Waals surface area (Å²) in [6, 6.07) is 0.608. The van der Waals surface area contributed by atoms with E-state index in [0.29, 0.717) is 12.0 Å². The Balaban J connectivity index is 0.00000144. The second-order valence-corrected chi connectivity index (χ2v) is 5.81. The molecule has 1 aromatic rings. The van der Waals surface area contributed by atoms with Crippen molar-refractivity contribution in [1.82, 2.24) is 15.2 Å². The number of piperazine rings is 1. The van der Waals surface area contributed by atoms with Gasteiger partial charge in [-0.15, -0.1) is 23.7 Å². The highest BCUT2D eigenvalue weighted by Gasteiger charge is 2.16. The van der Waals surface area contributed by atoms with E-state index in [1.807, 2.05) is 0 Å². The Labute approximate surface area is 114 Å². The van der Waals surface area contributed by atoms with E-state index in [2.05, 4.69) is 41.4 Å². The molecule has 1 atom stereocenters. The maximum atomic E-state index is 4.69. The van der Waals surface area contributed by atoms with Gasteiger partial charge in [0, 0.05) is 43.5 Å². The fraction of sp³-hybridized carbons (Fsp3) is 0.750. The van der Waals surface area contributed by atoms with Gasteiger partial charge in [-0.25, -0.2) is 4.98 Å². The Morgan fingerprint density at radius 3 is 2.94 bits per heavy atom. The zero-order valence-corrected chi connectivity index (χ0v) is 12.4. The molecule has 0 aromatic carbocycles. The third-order valence-corrected chi connectivity index (χ3v) is 4.10. The molecule has 3 nitrogen and oxygen atoms in total. The standard InChI is InChI=1S/C12H21N3S.ClH/c1-9(2)12-14-11(8-16-12)7-15-5-4-13-10(3)6-15;/h8-10,13H,4-7H2,1-3H3;1H/t10-;/m0./s1. The van der Waals surface area contributed by atoms with Gasteiger partial charge in [0.15, 0.2) is 0 Å². The van der Waals surface area contributed by atoms with Crippen molar-refractivity contribution < 1.29 is 0 Å². The van der Waals surface area contributed by atoms with Gasteiger partial charge in [-0.2, -0.15) is 0 Å². The van der Waals surface area contributed by atoms with Crippen LogP contribution in [0.2, 0.25) is 0 Å². The lowest BCUT2D eigenvalue weighted by Gasteiger charge is -2.31. The van der Waals surface area contributed by atoms with Crippen molar-refractivity contribution in [2.45, 2.75) is 39.3 Å². The molecule has 0 radical (unpaired) electrons. The summed E-state index contributed by atoms with van der Waals surface area (Å²) < 4.78 is 0. The molecule has 1 aliphatic rings. The van der Waals surface area contributed by atoms with Crippen LogP contribution >= 0.6 is 23.7 Å². The summed E-state index contributed by atoms with van der Waals surface area (Å²) in [7, 11) is 0. The summed E-state index contributed by atoms with van der Waals surface area (Å²) in [5, 5.41) is 6.93. The van der Waals surface area contributed by atoms with Crippen LogP contribution in [0.5, 0.6) is 0 Å². The Kier molecular flexibility index (Phi) is 5.86. The van der Waals surface area contributed by atoms with Crippen molar-refractivity contribution >= 4 is 23.7 Å². The number of halogens is 1. The third kappa shape index (κ3) is 4.21. The predicted octanol–water partition coefficient (Wildman–Crippen LogP) is 2.48. The number of thiazole rings is 1. The van der Waals surface area contributed by atoms with Gasteiger partial charge in [0.25, 0.3) is 0 Å². The second kappa shape index (κ2) is 6.69. The van der Waals surface area contributed by atoms with Crippen molar-refractivity contribution in [2.24, 2.45) is 0 Å². The van der Waals surface area contributed by atoms with E-state index in [9.17, 15) is 0 Å². The molecule has 1 aromatic heterocycles. The Morgan fingerprint density at radius 2 is 2.35 bits per heavy atom. The number of rotatable bonds is 3. The monoisotopic (exact) mass is 275 g/mol. The number of nitrogens with one attached hydrogen (secondary N) is 1. The number of nitrogens with zero attached hydrogens (tertiary/aromatic N) is 2. The molecule has 17 heavy (non-hydrogen) atoms. The van der Waals surface area contributed by atoms with Crippen LogP contribution in [0.15, 0.2) is 5.38 Å². The molecule has 98 valence electrons. The first kappa shape index (κ1) is 14.9. The summed E-state index contributed by atoms with van der Waals surface area (Å²) in [4.78, 5) is 7.17. The average molecular weight is 276 g/mol.